The summed E-state index contributed by atoms with van der Waals surface area (Å²) in [6, 6.07) is 6.66. The second-order valence-electron chi connectivity index (χ2n) is 7.30. The van der Waals surface area contributed by atoms with E-state index in [1.165, 1.54) is 24.4 Å². The van der Waals surface area contributed by atoms with E-state index in [4.69, 9.17) is 9.47 Å². The van der Waals surface area contributed by atoms with Crippen LogP contribution in [0.3, 0.4) is 0 Å². The highest BCUT2D eigenvalue weighted by Gasteiger charge is 2.52. The lowest BCUT2D eigenvalue weighted by Crippen LogP contribution is -2.46. The molecule has 2 aromatic rings. The van der Waals surface area contributed by atoms with Gasteiger partial charge in [-0.3, -0.25) is 14.6 Å². The van der Waals surface area contributed by atoms with Gasteiger partial charge in [-0.1, -0.05) is 12.1 Å². The fourth-order valence-electron chi connectivity index (χ4n) is 3.80. The summed E-state index contributed by atoms with van der Waals surface area (Å²) in [5.74, 6) is -3.79. The number of amides is 2. The zero-order valence-electron chi connectivity index (χ0n) is 16.4. The second-order valence-corrected chi connectivity index (χ2v) is 7.30. The fourth-order valence-corrected chi connectivity index (χ4v) is 3.80. The van der Waals surface area contributed by atoms with E-state index in [-0.39, 0.29) is 25.1 Å². The summed E-state index contributed by atoms with van der Waals surface area (Å²) in [5.41, 5.74) is 1.22. The number of nitrogens with one attached hydrogen (secondary N) is 1. The van der Waals surface area contributed by atoms with Gasteiger partial charge in [-0.25, -0.2) is 9.18 Å². The Kier molecular flexibility index (Phi) is 5.66. The van der Waals surface area contributed by atoms with Crippen LogP contribution in [0.15, 0.2) is 42.7 Å². The Morgan fingerprint density at radius 1 is 1.19 bits per heavy atom. The zero-order valence-corrected chi connectivity index (χ0v) is 16.4. The van der Waals surface area contributed by atoms with E-state index in [0.29, 0.717) is 24.3 Å². The summed E-state index contributed by atoms with van der Waals surface area (Å²) in [7, 11) is 0. The molecular formula is C21H20FN3O6. The molecule has 0 unspecified atom stereocenters. The molecule has 10 heteroatoms. The van der Waals surface area contributed by atoms with Gasteiger partial charge in [-0.2, -0.15) is 0 Å². The van der Waals surface area contributed by atoms with Crippen molar-refractivity contribution >= 4 is 17.8 Å². The van der Waals surface area contributed by atoms with Crippen LogP contribution in [0.2, 0.25) is 0 Å². The molecule has 1 aromatic carbocycles. The summed E-state index contributed by atoms with van der Waals surface area (Å²) < 4.78 is 24.9. The van der Waals surface area contributed by atoms with Gasteiger partial charge < -0.3 is 24.8 Å². The van der Waals surface area contributed by atoms with E-state index in [9.17, 15) is 23.9 Å². The van der Waals surface area contributed by atoms with Crippen LogP contribution in [0, 0.1) is 5.82 Å². The molecule has 1 atom stereocenters. The van der Waals surface area contributed by atoms with Crippen molar-refractivity contribution in [1.82, 2.24) is 15.2 Å². The number of nitrogens with zero attached hydrogens (tertiary/aromatic N) is 2. The molecule has 0 aliphatic carbocycles. The number of carboxylic acid groups (broad SMARTS) is 1. The van der Waals surface area contributed by atoms with Gasteiger partial charge in [0.15, 0.2) is 5.79 Å². The predicted octanol–water partition coefficient (Wildman–Crippen LogP) is 1.05. The molecule has 162 valence electrons. The van der Waals surface area contributed by atoms with Crippen LogP contribution in [0.5, 0.6) is 0 Å². The van der Waals surface area contributed by atoms with Crippen molar-refractivity contribution < 1.29 is 33.4 Å². The van der Waals surface area contributed by atoms with Crippen LogP contribution < -0.4 is 5.32 Å². The Bertz CT molecular complexity index is 1010. The number of likely N-dealkylation sites (tertiary alicyclic amines) is 1. The third kappa shape index (κ3) is 4.25. The Morgan fingerprint density at radius 3 is 2.55 bits per heavy atom. The van der Waals surface area contributed by atoms with Gasteiger partial charge in [0.2, 0.25) is 5.91 Å². The van der Waals surface area contributed by atoms with Crippen LogP contribution in [-0.4, -0.2) is 70.9 Å². The molecule has 0 saturated carbocycles. The van der Waals surface area contributed by atoms with Crippen molar-refractivity contribution in [2.45, 2.75) is 18.2 Å². The molecule has 31 heavy (non-hydrogen) atoms. The number of aliphatic carboxylic acids is 1. The molecule has 2 N–H and O–H groups in total. The van der Waals surface area contributed by atoms with Crippen molar-refractivity contribution in [2.75, 3.05) is 26.3 Å². The largest absolute Gasteiger partial charge is 0.480 e. The topological polar surface area (TPSA) is 118 Å². The maximum absolute atomic E-state index is 13.8. The number of rotatable bonds is 5. The molecule has 1 spiro atoms. The Balaban J connectivity index is 1.38. The molecule has 0 radical (unpaired) electrons. The van der Waals surface area contributed by atoms with Crippen LogP contribution in [0.1, 0.15) is 16.8 Å². The highest BCUT2D eigenvalue weighted by atomic mass is 19.1. The number of aromatic nitrogens is 1. The smallest absolute Gasteiger partial charge is 0.326 e. The molecule has 9 nitrogen and oxygen atoms in total. The van der Waals surface area contributed by atoms with Gasteiger partial charge in [0.05, 0.1) is 32.5 Å². The first kappa shape index (κ1) is 20.9. The lowest BCUT2D eigenvalue weighted by molar-refractivity contribution is -0.152. The lowest BCUT2D eigenvalue weighted by atomic mass is 10.0. The molecule has 0 bridgehead atoms. The monoisotopic (exact) mass is 429 g/mol. The van der Waals surface area contributed by atoms with Crippen molar-refractivity contribution in [1.29, 1.82) is 0 Å². The van der Waals surface area contributed by atoms with E-state index >= 15 is 0 Å². The fraction of sp³-hybridized carbons (Fsp3) is 0.333. The first-order valence-corrected chi connectivity index (χ1v) is 9.67. The number of carbonyl (C=O) groups excluding carboxylic acids is 2. The number of carbonyl (C=O) groups is 3. The highest BCUT2D eigenvalue weighted by molar-refractivity contribution is 5.97. The highest BCUT2D eigenvalue weighted by Crippen LogP contribution is 2.34. The van der Waals surface area contributed by atoms with Gasteiger partial charge in [0.25, 0.3) is 5.91 Å². The normalized spacial score (nSPS) is 19.5. The molecule has 2 aliphatic rings. The summed E-state index contributed by atoms with van der Waals surface area (Å²) >= 11 is 0. The van der Waals surface area contributed by atoms with Gasteiger partial charge in [-0.15, -0.1) is 0 Å². The lowest BCUT2D eigenvalue weighted by Gasteiger charge is -2.23. The molecule has 2 fully saturated rings. The van der Waals surface area contributed by atoms with Crippen LogP contribution >= 0.6 is 0 Å². The summed E-state index contributed by atoms with van der Waals surface area (Å²) in [5, 5.41) is 11.9. The third-order valence-corrected chi connectivity index (χ3v) is 5.34. The minimum atomic E-state index is -1.16. The SMILES string of the molecule is O=C(NCC(=O)N1CC2(C[C@H]1C(=O)O)OCCO2)c1ccc(-c2ccncc2F)cc1. The molecule has 4 rings (SSSR count). The number of hydrogen-bond donors (Lipinski definition) is 2. The average Bonchev–Trinajstić information content (AvgIpc) is 3.39. The maximum atomic E-state index is 13.8. The number of carboxylic acids is 1. The zero-order chi connectivity index (χ0) is 22.0. The van der Waals surface area contributed by atoms with E-state index in [1.54, 1.807) is 12.1 Å². The van der Waals surface area contributed by atoms with E-state index < -0.39 is 35.4 Å². The van der Waals surface area contributed by atoms with Gasteiger partial charge in [0, 0.05) is 23.7 Å². The molecule has 3 heterocycles. The first-order chi connectivity index (χ1) is 14.9. The van der Waals surface area contributed by atoms with Crippen molar-refractivity contribution in [3.05, 3.63) is 54.1 Å². The van der Waals surface area contributed by atoms with E-state index in [1.807, 2.05) is 0 Å². The summed E-state index contributed by atoms with van der Waals surface area (Å²) in [6.45, 7) is 0.291. The quantitative estimate of drug-likeness (QED) is 0.729. The number of ether oxygens (including phenoxy) is 2. The third-order valence-electron chi connectivity index (χ3n) is 5.34. The predicted molar refractivity (Wildman–Crippen MR) is 104 cm³/mol. The van der Waals surface area contributed by atoms with Crippen molar-refractivity contribution in [2.24, 2.45) is 0 Å². The Hall–Kier alpha value is -3.37. The number of benzene rings is 1. The molecule has 2 aliphatic heterocycles. The van der Waals surface area contributed by atoms with E-state index in [2.05, 4.69) is 10.3 Å². The first-order valence-electron chi connectivity index (χ1n) is 9.67. The van der Waals surface area contributed by atoms with Crippen LogP contribution in [-0.2, 0) is 19.1 Å². The van der Waals surface area contributed by atoms with E-state index in [0.717, 1.165) is 11.1 Å². The molecular weight excluding hydrogens is 409 g/mol. The maximum Gasteiger partial charge on any atom is 0.326 e. The van der Waals surface area contributed by atoms with Crippen LogP contribution in [0.25, 0.3) is 11.1 Å². The molecule has 2 amide bonds. The van der Waals surface area contributed by atoms with Crippen LogP contribution in [0.4, 0.5) is 4.39 Å². The second kappa shape index (κ2) is 8.40. The number of halogens is 1. The standard InChI is InChI=1S/C21H20FN3O6/c22-16-10-23-6-5-15(16)13-1-3-14(4-2-13)19(27)24-11-18(26)25-12-21(30-7-8-31-21)9-17(25)20(28)29/h1-6,10,17H,7-9,11-12H2,(H,24,27)(H,28,29)/t17-/m0/s1. The molecule has 1 aromatic heterocycles. The van der Waals surface area contributed by atoms with Crippen molar-refractivity contribution in [3.63, 3.8) is 0 Å². The average molecular weight is 429 g/mol. The summed E-state index contributed by atoms with van der Waals surface area (Å²) in [6.07, 6.45) is 2.62. The van der Waals surface area contributed by atoms with Gasteiger partial charge in [-0.05, 0) is 23.8 Å². The number of pyridine rings is 1. The van der Waals surface area contributed by atoms with Gasteiger partial charge >= 0.3 is 5.97 Å². The molecule has 2 saturated heterocycles. The number of hydrogen-bond acceptors (Lipinski definition) is 6. The Labute approximate surface area is 176 Å². The minimum absolute atomic E-state index is 0.00906. The Morgan fingerprint density at radius 2 is 1.90 bits per heavy atom. The minimum Gasteiger partial charge on any atom is -0.480 e. The van der Waals surface area contributed by atoms with Gasteiger partial charge in [0.1, 0.15) is 11.9 Å². The van der Waals surface area contributed by atoms with Crippen molar-refractivity contribution in [3.8, 4) is 11.1 Å². The summed E-state index contributed by atoms with van der Waals surface area (Å²) in [4.78, 5) is 41.4.